The van der Waals surface area contributed by atoms with Crippen molar-refractivity contribution in [1.82, 2.24) is 15.5 Å². The molecule has 1 saturated heterocycles. The van der Waals surface area contributed by atoms with E-state index in [9.17, 15) is 4.79 Å². The van der Waals surface area contributed by atoms with Gasteiger partial charge in [-0.2, -0.15) is 0 Å². The average molecular weight is 367 g/mol. The number of benzene rings is 2. The molecule has 0 spiro atoms. The lowest BCUT2D eigenvalue weighted by Crippen LogP contribution is -2.47. The maximum absolute atomic E-state index is 11.8. The molecule has 0 aliphatic carbocycles. The molecule has 0 atom stereocenters. The van der Waals surface area contributed by atoms with Crippen molar-refractivity contribution < 1.29 is 4.79 Å². The number of para-hydroxylation sites is 1. The van der Waals surface area contributed by atoms with Gasteiger partial charge >= 0.3 is 6.03 Å². The number of carbonyl (C=O) groups excluding carboxylic acids is 1. The van der Waals surface area contributed by atoms with E-state index in [0.717, 1.165) is 52.1 Å². The summed E-state index contributed by atoms with van der Waals surface area (Å²) in [6, 6.07) is 20.7. The fraction of sp³-hybridized carbons (Fsp3) is 0.409. The van der Waals surface area contributed by atoms with Gasteiger partial charge in [-0.1, -0.05) is 48.5 Å². The standard InChI is InChI=1S/C22H30N4O/c27-22(24-14-12-20-8-3-1-4-9-20)23-13-7-15-25-16-18-26(19-17-25)21-10-5-2-6-11-21/h1-6,8-11H,7,12-19H2,(H2,23,24,27). The van der Waals surface area contributed by atoms with Gasteiger partial charge in [-0.25, -0.2) is 4.79 Å². The largest absolute Gasteiger partial charge is 0.369 e. The molecule has 0 saturated carbocycles. The molecule has 1 aliphatic heterocycles. The SMILES string of the molecule is O=C(NCCCN1CCN(c2ccccc2)CC1)NCCc1ccccc1. The van der Waals surface area contributed by atoms with Crippen molar-refractivity contribution in [2.75, 3.05) is 50.7 Å². The van der Waals surface area contributed by atoms with Gasteiger partial charge in [0.1, 0.15) is 0 Å². The minimum atomic E-state index is -0.0696. The second-order valence-corrected chi connectivity index (χ2v) is 6.94. The first kappa shape index (κ1) is 19.2. The number of anilines is 1. The highest BCUT2D eigenvalue weighted by atomic mass is 16.2. The van der Waals surface area contributed by atoms with Crippen LogP contribution in [0.1, 0.15) is 12.0 Å². The Morgan fingerprint density at radius 3 is 2.15 bits per heavy atom. The topological polar surface area (TPSA) is 47.6 Å². The molecule has 144 valence electrons. The molecule has 0 aromatic heterocycles. The average Bonchev–Trinajstić information content (AvgIpc) is 2.73. The summed E-state index contributed by atoms with van der Waals surface area (Å²) in [5.74, 6) is 0. The van der Waals surface area contributed by atoms with Crippen LogP contribution in [-0.4, -0.2) is 56.7 Å². The van der Waals surface area contributed by atoms with Crippen molar-refractivity contribution in [2.24, 2.45) is 0 Å². The van der Waals surface area contributed by atoms with Gasteiger partial charge in [-0.05, 0) is 37.1 Å². The predicted molar refractivity (Wildman–Crippen MR) is 111 cm³/mol. The Hall–Kier alpha value is -2.53. The first-order valence-electron chi connectivity index (χ1n) is 9.89. The molecule has 0 unspecified atom stereocenters. The summed E-state index contributed by atoms with van der Waals surface area (Å²) >= 11 is 0. The summed E-state index contributed by atoms with van der Waals surface area (Å²) in [5, 5.41) is 5.88. The van der Waals surface area contributed by atoms with E-state index in [1.807, 2.05) is 18.2 Å². The van der Waals surface area contributed by atoms with E-state index in [2.05, 4.69) is 62.9 Å². The number of nitrogens with zero attached hydrogens (tertiary/aromatic N) is 2. The van der Waals surface area contributed by atoms with Crippen LogP contribution in [0.25, 0.3) is 0 Å². The van der Waals surface area contributed by atoms with Gasteiger partial charge in [0, 0.05) is 45.0 Å². The molecule has 2 aromatic rings. The van der Waals surface area contributed by atoms with Crippen LogP contribution < -0.4 is 15.5 Å². The molecule has 3 rings (SSSR count). The van der Waals surface area contributed by atoms with Crippen LogP contribution in [0.4, 0.5) is 10.5 Å². The van der Waals surface area contributed by atoms with E-state index in [4.69, 9.17) is 0 Å². The fourth-order valence-electron chi connectivity index (χ4n) is 3.40. The van der Waals surface area contributed by atoms with Crippen LogP contribution in [0.2, 0.25) is 0 Å². The molecule has 5 nitrogen and oxygen atoms in total. The maximum atomic E-state index is 11.8. The van der Waals surface area contributed by atoms with E-state index >= 15 is 0 Å². The van der Waals surface area contributed by atoms with Gasteiger partial charge in [-0.3, -0.25) is 4.90 Å². The third kappa shape index (κ3) is 6.61. The number of hydrogen-bond donors (Lipinski definition) is 2. The second-order valence-electron chi connectivity index (χ2n) is 6.94. The first-order valence-corrected chi connectivity index (χ1v) is 9.89. The summed E-state index contributed by atoms with van der Waals surface area (Å²) in [6.45, 7) is 6.71. The van der Waals surface area contributed by atoms with Gasteiger partial charge in [0.05, 0.1) is 0 Å². The third-order valence-corrected chi connectivity index (χ3v) is 4.97. The van der Waals surface area contributed by atoms with Gasteiger partial charge < -0.3 is 15.5 Å². The van der Waals surface area contributed by atoms with E-state index in [1.54, 1.807) is 0 Å². The molecule has 2 aromatic carbocycles. The summed E-state index contributed by atoms with van der Waals surface area (Å²) in [6.07, 6.45) is 1.84. The summed E-state index contributed by atoms with van der Waals surface area (Å²) < 4.78 is 0. The molecule has 2 amide bonds. The van der Waals surface area contributed by atoms with E-state index in [-0.39, 0.29) is 6.03 Å². The number of hydrogen-bond acceptors (Lipinski definition) is 3. The summed E-state index contributed by atoms with van der Waals surface area (Å²) in [7, 11) is 0. The van der Waals surface area contributed by atoms with Crippen LogP contribution >= 0.6 is 0 Å². The van der Waals surface area contributed by atoms with Crippen LogP contribution in [0, 0.1) is 0 Å². The van der Waals surface area contributed by atoms with Crippen molar-refractivity contribution in [3.05, 3.63) is 66.2 Å². The van der Waals surface area contributed by atoms with Crippen LogP contribution in [-0.2, 0) is 6.42 Å². The van der Waals surface area contributed by atoms with Gasteiger partial charge in [-0.15, -0.1) is 0 Å². The zero-order chi connectivity index (χ0) is 18.7. The lowest BCUT2D eigenvalue weighted by atomic mass is 10.1. The maximum Gasteiger partial charge on any atom is 0.314 e. The molecule has 1 aliphatic rings. The Balaban J connectivity index is 1.23. The second kappa shape index (κ2) is 10.6. The lowest BCUT2D eigenvalue weighted by Gasteiger charge is -2.36. The Kier molecular flexibility index (Phi) is 7.54. The zero-order valence-electron chi connectivity index (χ0n) is 15.9. The molecular weight excluding hydrogens is 336 g/mol. The summed E-state index contributed by atoms with van der Waals surface area (Å²) in [4.78, 5) is 16.8. The zero-order valence-corrected chi connectivity index (χ0v) is 15.9. The Morgan fingerprint density at radius 1 is 0.815 bits per heavy atom. The third-order valence-electron chi connectivity index (χ3n) is 4.97. The number of nitrogens with one attached hydrogen (secondary N) is 2. The highest BCUT2D eigenvalue weighted by Gasteiger charge is 2.16. The molecule has 0 radical (unpaired) electrons. The number of amides is 2. The van der Waals surface area contributed by atoms with Crippen molar-refractivity contribution in [3.8, 4) is 0 Å². The fourth-order valence-corrected chi connectivity index (χ4v) is 3.40. The molecule has 1 heterocycles. The van der Waals surface area contributed by atoms with Crippen molar-refractivity contribution >= 4 is 11.7 Å². The Labute approximate surface area is 162 Å². The van der Waals surface area contributed by atoms with E-state index in [0.29, 0.717) is 6.54 Å². The highest BCUT2D eigenvalue weighted by molar-refractivity contribution is 5.73. The van der Waals surface area contributed by atoms with Crippen LogP contribution in [0.15, 0.2) is 60.7 Å². The summed E-state index contributed by atoms with van der Waals surface area (Å²) in [5.41, 5.74) is 2.55. The monoisotopic (exact) mass is 366 g/mol. The number of carbonyl (C=O) groups is 1. The number of piperazine rings is 1. The van der Waals surface area contributed by atoms with Crippen LogP contribution in [0.5, 0.6) is 0 Å². The van der Waals surface area contributed by atoms with Crippen LogP contribution in [0.3, 0.4) is 0 Å². The van der Waals surface area contributed by atoms with Gasteiger partial charge in [0.2, 0.25) is 0 Å². The first-order chi connectivity index (χ1) is 13.3. The molecule has 27 heavy (non-hydrogen) atoms. The highest BCUT2D eigenvalue weighted by Crippen LogP contribution is 2.15. The predicted octanol–water partition coefficient (Wildman–Crippen LogP) is 2.74. The molecule has 0 bridgehead atoms. The smallest absolute Gasteiger partial charge is 0.314 e. The Bertz CT molecular complexity index is 669. The van der Waals surface area contributed by atoms with Crippen molar-refractivity contribution in [1.29, 1.82) is 0 Å². The lowest BCUT2D eigenvalue weighted by molar-refractivity contribution is 0.236. The Morgan fingerprint density at radius 2 is 1.44 bits per heavy atom. The number of rotatable bonds is 8. The van der Waals surface area contributed by atoms with Gasteiger partial charge in [0.25, 0.3) is 0 Å². The van der Waals surface area contributed by atoms with Gasteiger partial charge in [0.15, 0.2) is 0 Å². The van der Waals surface area contributed by atoms with E-state index < -0.39 is 0 Å². The molecule has 2 N–H and O–H groups in total. The normalized spacial score (nSPS) is 14.7. The molecule has 1 fully saturated rings. The number of urea groups is 1. The van der Waals surface area contributed by atoms with Crippen molar-refractivity contribution in [2.45, 2.75) is 12.8 Å². The van der Waals surface area contributed by atoms with Crippen molar-refractivity contribution in [3.63, 3.8) is 0 Å². The van der Waals surface area contributed by atoms with E-state index in [1.165, 1.54) is 11.3 Å². The quantitative estimate of drug-likeness (QED) is 0.706. The minimum Gasteiger partial charge on any atom is -0.369 e. The molecule has 5 heteroatoms. The molecular formula is C22H30N4O. The minimum absolute atomic E-state index is 0.0696.